The minimum atomic E-state index is -4.49. The highest BCUT2D eigenvalue weighted by Crippen LogP contribution is 2.31. The van der Waals surface area contributed by atoms with Crippen molar-refractivity contribution in [1.29, 1.82) is 0 Å². The van der Waals surface area contributed by atoms with E-state index in [1.165, 1.54) is 19.2 Å². The van der Waals surface area contributed by atoms with Crippen LogP contribution in [0.3, 0.4) is 0 Å². The van der Waals surface area contributed by atoms with Crippen LogP contribution in [0.4, 0.5) is 18.9 Å². The van der Waals surface area contributed by atoms with Crippen LogP contribution in [0.15, 0.2) is 84.9 Å². The molecule has 4 rings (SSSR count). The van der Waals surface area contributed by atoms with Gasteiger partial charge in [0.15, 0.2) is 0 Å². The summed E-state index contributed by atoms with van der Waals surface area (Å²) in [6.45, 7) is 0.141. The minimum Gasteiger partial charge on any atom is -0.496 e. The molecule has 1 amide bonds. The van der Waals surface area contributed by atoms with Crippen LogP contribution in [0.5, 0.6) is 11.5 Å². The van der Waals surface area contributed by atoms with E-state index < -0.39 is 17.6 Å². The summed E-state index contributed by atoms with van der Waals surface area (Å²) < 4.78 is 50.2. The number of methoxy groups -OCH3 is 1. The normalized spacial score (nSPS) is 11.3. The first-order valence-corrected chi connectivity index (χ1v) is 10.1. The molecule has 0 radical (unpaired) electrons. The van der Waals surface area contributed by atoms with Crippen LogP contribution in [-0.2, 0) is 12.8 Å². The van der Waals surface area contributed by atoms with Gasteiger partial charge in [-0.05, 0) is 47.9 Å². The van der Waals surface area contributed by atoms with Crippen LogP contribution in [0.1, 0.15) is 21.5 Å². The number of halogens is 3. The first-order chi connectivity index (χ1) is 15.8. The summed E-state index contributed by atoms with van der Waals surface area (Å²) in [5.41, 5.74) is 0.116. The lowest BCUT2D eigenvalue weighted by Gasteiger charge is -2.14. The number of alkyl halides is 3. The second kappa shape index (κ2) is 9.24. The Morgan fingerprint density at radius 3 is 2.42 bits per heavy atom. The molecule has 0 heterocycles. The molecule has 0 saturated carbocycles. The molecule has 0 fully saturated rings. The van der Waals surface area contributed by atoms with Gasteiger partial charge in [0.25, 0.3) is 5.91 Å². The molecule has 4 aromatic rings. The van der Waals surface area contributed by atoms with E-state index in [9.17, 15) is 18.0 Å². The molecule has 0 aromatic heterocycles. The topological polar surface area (TPSA) is 47.6 Å². The standard InChI is InChI=1S/C26H20F3NO3/c1-32-23-13-12-18(25(31)30-21-9-5-8-20(15-21)26(27,28)29)14-19(23)16-33-24-11-4-7-17-6-2-3-10-22(17)24/h2-15H,16H2,1H3,(H,30,31). The minimum absolute atomic E-state index is 0.0548. The van der Waals surface area contributed by atoms with E-state index in [0.717, 1.165) is 22.9 Å². The smallest absolute Gasteiger partial charge is 0.416 e. The highest BCUT2D eigenvalue weighted by molar-refractivity contribution is 6.04. The Balaban J connectivity index is 1.55. The molecular weight excluding hydrogens is 431 g/mol. The van der Waals surface area contributed by atoms with E-state index in [4.69, 9.17) is 9.47 Å². The van der Waals surface area contributed by atoms with Gasteiger partial charge < -0.3 is 14.8 Å². The number of hydrogen-bond acceptors (Lipinski definition) is 3. The predicted octanol–water partition coefficient (Wildman–Crippen LogP) is 6.70. The van der Waals surface area contributed by atoms with E-state index in [1.54, 1.807) is 18.2 Å². The average molecular weight is 451 g/mol. The second-order valence-corrected chi connectivity index (χ2v) is 7.33. The Bertz CT molecular complexity index is 1300. The van der Waals surface area contributed by atoms with Gasteiger partial charge in [0.2, 0.25) is 0 Å². The maximum Gasteiger partial charge on any atom is 0.416 e. The summed E-state index contributed by atoms with van der Waals surface area (Å²) in [6, 6.07) is 22.8. The average Bonchev–Trinajstić information content (AvgIpc) is 2.82. The maximum absolute atomic E-state index is 12.9. The molecule has 0 spiro atoms. The first kappa shape index (κ1) is 22.2. The van der Waals surface area contributed by atoms with Gasteiger partial charge in [-0.1, -0.05) is 42.5 Å². The van der Waals surface area contributed by atoms with Crippen molar-refractivity contribution in [3.63, 3.8) is 0 Å². The molecule has 1 N–H and O–H groups in total. The van der Waals surface area contributed by atoms with Crippen LogP contribution in [-0.4, -0.2) is 13.0 Å². The van der Waals surface area contributed by atoms with Gasteiger partial charge in [0.1, 0.15) is 18.1 Å². The monoisotopic (exact) mass is 451 g/mol. The van der Waals surface area contributed by atoms with Gasteiger partial charge in [0.05, 0.1) is 12.7 Å². The number of amides is 1. The third-order valence-electron chi connectivity index (χ3n) is 5.12. The maximum atomic E-state index is 12.9. The van der Waals surface area contributed by atoms with E-state index in [1.807, 2.05) is 42.5 Å². The Morgan fingerprint density at radius 1 is 0.879 bits per heavy atom. The molecule has 0 unspecified atom stereocenters. The fourth-order valence-corrected chi connectivity index (χ4v) is 3.49. The molecular formula is C26H20F3NO3. The Kier molecular flexibility index (Phi) is 6.22. The molecule has 4 aromatic carbocycles. The third kappa shape index (κ3) is 5.09. The van der Waals surface area contributed by atoms with Crippen molar-refractivity contribution in [3.05, 3.63) is 102 Å². The van der Waals surface area contributed by atoms with Crippen LogP contribution >= 0.6 is 0 Å². The number of fused-ring (bicyclic) bond motifs is 1. The molecule has 0 bridgehead atoms. The van der Waals surface area contributed by atoms with E-state index in [2.05, 4.69) is 5.32 Å². The van der Waals surface area contributed by atoms with Crippen molar-refractivity contribution in [2.75, 3.05) is 12.4 Å². The first-order valence-electron chi connectivity index (χ1n) is 10.1. The third-order valence-corrected chi connectivity index (χ3v) is 5.12. The zero-order valence-corrected chi connectivity index (χ0v) is 17.6. The fourth-order valence-electron chi connectivity index (χ4n) is 3.49. The molecule has 33 heavy (non-hydrogen) atoms. The van der Waals surface area contributed by atoms with Gasteiger partial charge in [0, 0.05) is 22.2 Å². The SMILES string of the molecule is COc1ccc(C(=O)Nc2cccc(C(F)(F)F)c2)cc1COc1cccc2ccccc12. The molecule has 0 aliphatic heterocycles. The van der Waals surface area contributed by atoms with Gasteiger partial charge in [-0.3, -0.25) is 4.79 Å². The summed E-state index contributed by atoms with van der Waals surface area (Å²) in [5.74, 6) is 0.684. The van der Waals surface area contributed by atoms with E-state index >= 15 is 0 Å². The van der Waals surface area contributed by atoms with Crippen LogP contribution in [0.25, 0.3) is 10.8 Å². The predicted molar refractivity (Wildman–Crippen MR) is 121 cm³/mol. The number of anilines is 1. The number of rotatable bonds is 6. The van der Waals surface area contributed by atoms with Crippen molar-refractivity contribution in [3.8, 4) is 11.5 Å². The van der Waals surface area contributed by atoms with Crippen LogP contribution in [0, 0.1) is 0 Å². The van der Waals surface area contributed by atoms with Crippen molar-refractivity contribution in [2.24, 2.45) is 0 Å². The largest absolute Gasteiger partial charge is 0.496 e. The number of ether oxygens (including phenoxy) is 2. The molecule has 168 valence electrons. The van der Waals surface area contributed by atoms with Gasteiger partial charge in [-0.2, -0.15) is 13.2 Å². The lowest BCUT2D eigenvalue weighted by Crippen LogP contribution is -2.14. The van der Waals surface area contributed by atoms with Gasteiger partial charge >= 0.3 is 6.18 Å². The summed E-state index contributed by atoms with van der Waals surface area (Å²) in [6.07, 6.45) is -4.49. The van der Waals surface area contributed by atoms with Crippen LogP contribution in [0.2, 0.25) is 0 Å². The number of hydrogen-bond donors (Lipinski definition) is 1. The van der Waals surface area contributed by atoms with E-state index in [-0.39, 0.29) is 17.9 Å². The lowest BCUT2D eigenvalue weighted by atomic mass is 10.1. The van der Waals surface area contributed by atoms with Gasteiger partial charge in [-0.15, -0.1) is 0 Å². The van der Waals surface area contributed by atoms with Crippen molar-refractivity contribution in [1.82, 2.24) is 0 Å². The number of benzene rings is 4. The van der Waals surface area contributed by atoms with Crippen molar-refractivity contribution < 1.29 is 27.4 Å². The highest BCUT2D eigenvalue weighted by atomic mass is 19.4. The Labute approximate surface area is 188 Å². The van der Waals surface area contributed by atoms with Crippen molar-refractivity contribution in [2.45, 2.75) is 12.8 Å². The molecule has 4 nitrogen and oxygen atoms in total. The molecule has 7 heteroatoms. The summed E-state index contributed by atoms with van der Waals surface area (Å²) in [7, 11) is 1.51. The molecule has 0 aliphatic rings. The number of carbonyl (C=O) groups excluding carboxylic acids is 1. The molecule has 0 atom stereocenters. The fraction of sp³-hybridized carbons (Fsp3) is 0.115. The quantitative estimate of drug-likeness (QED) is 0.355. The summed E-state index contributed by atoms with van der Waals surface area (Å²) in [5, 5.41) is 4.51. The zero-order valence-electron chi connectivity index (χ0n) is 17.6. The van der Waals surface area contributed by atoms with E-state index in [0.29, 0.717) is 17.1 Å². The van der Waals surface area contributed by atoms with Crippen molar-refractivity contribution >= 4 is 22.4 Å². The second-order valence-electron chi connectivity index (χ2n) is 7.33. The summed E-state index contributed by atoms with van der Waals surface area (Å²) >= 11 is 0. The lowest BCUT2D eigenvalue weighted by molar-refractivity contribution is -0.137. The number of carbonyl (C=O) groups is 1. The molecule has 0 aliphatic carbocycles. The highest BCUT2D eigenvalue weighted by Gasteiger charge is 2.30. The van der Waals surface area contributed by atoms with Gasteiger partial charge in [-0.25, -0.2) is 0 Å². The Hall–Kier alpha value is -4.00. The summed E-state index contributed by atoms with van der Waals surface area (Å²) in [4.78, 5) is 12.7. The number of nitrogens with one attached hydrogen (secondary N) is 1. The Morgan fingerprint density at radius 2 is 1.64 bits per heavy atom. The molecule has 0 saturated heterocycles. The zero-order chi connectivity index (χ0) is 23.4. The van der Waals surface area contributed by atoms with Crippen LogP contribution < -0.4 is 14.8 Å².